The highest BCUT2D eigenvalue weighted by atomic mass is 35.5. The number of carbonyl (C=O) groups is 1. The third-order valence-corrected chi connectivity index (χ3v) is 5.22. The van der Waals surface area contributed by atoms with Crippen molar-refractivity contribution in [1.82, 2.24) is 9.80 Å². The molecule has 4 nitrogen and oxygen atoms in total. The molecule has 1 amide bonds. The van der Waals surface area contributed by atoms with Crippen LogP contribution < -0.4 is 5.73 Å². The second kappa shape index (κ2) is 12.1. The Balaban J connectivity index is 0.00000196. The lowest BCUT2D eigenvalue weighted by Crippen LogP contribution is -2.44. The summed E-state index contributed by atoms with van der Waals surface area (Å²) in [7, 11) is 2.18. The summed E-state index contributed by atoms with van der Waals surface area (Å²) in [5.41, 5.74) is 8.41. The molecular weight excluding hydrogens is 393 g/mol. The van der Waals surface area contributed by atoms with Crippen LogP contribution in [0.2, 0.25) is 0 Å². The molecule has 0 bridgehead atoms. The first kappa shape index (κ1) is 24.4. The summed E-state index contributed by atoms with van der Waals surface area (Å²) in [6.07, 6.45) is 2.10. The number of hydrogen-bond donors (Lipinski definition) is 1. The number of rotatable bonds is 6. The van der Waals surface area contributed by atoms with Gasteiger partial charge in [0, 0.05) is 26.2 Å². The fourth-order valence-corrected chi connectivity index (χ4v) is 3.74. The zero-order chi connectivity index (χ0) is 18.4. The Hall–Kier alpha value is -1.59. The number of carbonyl (C=O) groups excluding carboxylic acids is 1. The van der Waals surface area contributed by atoms with E-state index >= 15 is 0 Å². The lowest BCUT2D eigenvalue weighted by atomic mass is 9.95. The van der Waals surface area contributed by atoms with Crippen molar-refractivity contribution in [3.63, 3.8) is 0 Å². The summed E-state index contributed by atoms with van der Waals surface area (Å²) in [6, 6.07) is 19.7. The SMILES string of the molecule is CN(Cc1ccccc1)CC1CCN(C(=O)C(N)c2ccccc2)CC1.Cl.Cl. The van der Waals surface area contributed by atoms with Gasteiger partial charge in [-0.3, -0.25) is 4.79 Å². The molecule has 1 aliphatic heterocycles. The molecule has 154 valence electrons. The van der Waals surface area contributed by atoms with Gasteiger partial charge in [0.25, 0.3) is 0 Å². The Kier molecular flexibility index (Phi) is 10.5. The van der Waals surface area contributed by atoms with Crippen LogP contribution in [0.5, 0.6) is 0 Å². The third kappa shape index (κ3) is 6.78. The van der Waals surface area contributed by atoms with Crippen LogP contribution in [0, 0.1) is 5.92 Å². The highest BCUT2D eigenvalue weighted by Gasteiger charge is 2.27. The molecule has 0 aromatic heterocycles. The Bertz CT molecular complexity index is 691. The molecule has 2 aromatic carbocycles. The van der Waals surface area contributed by atoms with Crippen LogP contribution in [0.15, 0.2) is 60.7 Å². The van der Waals surface area contributed by atoms with Gasteiger partial charge in [-0.05, 0) is 36.9 Å². The molecule has 6 heteroatoms. The van der Waals surface area contributed by atoms with E-state index in [1.165, 1.54) is 5.56 Å². The van der Waals surface area contributed by atoms with Crippen molar-refractivity contribution in [2.45, 2.75) is 25.4 Å². The van der Waals surface area contributed by atoms with Crippen molar-refractivity contribution in [3.8, 4) is 0 Å². The average molecular weight is 424 g/mol. The van der Waals surface area contributed by atoms with E-state index in [-0.39, 0.29) is 30.7 Å². The van der Waals surface area contributed by atoms with Crippen molar-refractivity contribution in [2.24, 2.45) is 11.7 Å². The minimum Gasteiger partial charge on any atom is -0.341 e. The monoisotopic (exact) mass is 423 g/mol. The third-order valence-electron chi connectivity index (χ3n) is 5.22. The molecule has 1 fully saturated rings. The van der Waals surface area contributed by atoms with E-state index in [2.05, 4.69) is 42.3 Å². The molecule has 2 N–H and O–H groups in total. The Morgan fingerprint density at radius 1 is 1.04 bits per heavy atom. The number of nitrogens with zero attached hydrogens (tertiary/aromatic N) is 2. The number of amides is 1. The molecule has 0 aliphatic carbocycles. The maximum atomic E-state index is 12.7. The molecule has 1 atom stereocenters. The molecule has 2 aromatic rings. The zero-order valence-electron chi connectivity index (χ0n) is 16.4. The van der Waals surface area contributed by atoms with Crippen molar-refractivity contribution >= 4 is 30.7 Å². The summed E-state index contributed by atoms with van der Waals surface area (Å²) in [5.74, 6) is 0.688. The molecule has 28 heavy (non-hydrogen) atoms. The molecule has 0 saturated carbocycles. The number of benzene rings is 2. The highest BCUT2D eigenvalue weighted by Crippen LogP contribution is 2.22. The Morgan fingerprint density at radius 2 is 1.57 bits per heavy atom. The minimum atomic E-state index is -0.548. The van der Waals surface area contributed by atoms with Crippen LogP contribution in [0.1, 0.15) is 30.0 Å². The van der Waals surface area contributed by atoms with Gasteiger partial charge in [-0.2, -0.15) is 0 Å². The van der Waals surface area contributed by atoms with Gasteiger partial charge >= 0.3 is 0 Å². The summed E-state index contributed by atoms with van der Waals surface area (Å²) < 4.78 is 0. The van der Waals surface area contributed by atoms with E-state index in [0.29, 0.717) is 5.92 Å². The summed E-state index contributed by atoms with van der Waals surface area (Å²) >= 11 is 0. The second-order valence-electron chi connectivity index (χ2n) is 7.34. The van der Waals surface area contributed by atoms with Gasteiger partial charge in [0.2, 0.25) is 5.91 Å². The zero-order valence-corrected chi connectivity index (χ0v) is 18.0. The number of hydrogen-bond acceptors (Lipinski definition) is 3. The molecule has 1 saturated heterocycles. The highest BCUT2D eigenvalue weighted by molar-refractivity contribution is 5.85. The first-order valence-electron chi connectivity index (χ1n) is 9.45. The summed E-state index contributed by atoms with van der Waals surface area (Å²) in [4.78, 5) is 17.0. The van der Waals surface area contributed by atoms with Gasteiger partial charge in [0.1, 0.15) is 6.04 Å². The maximum Gasteiger partial charge on any atom is 0.244 e. The maximum absolute atomic E-state index is 12.7. The molecule has 3 rings (SSSR count). The van der Waals surface area contributed by atoms with E-state index in [0.717, 1.165) is 44.6 Å². The smallest absolute Gasteiger partial charge is 0.244 e. The minimum absolute atomic E-state index is 0. The summed E-state index contributed by atoms with van der Waals surface area (Å²) in [6.45, 7) is 3.66. The van der Waals surface area contributed by atoms with Crippen LogP contribution >= 0.6 is 24.8 Å². The van der Waals surface area contributed by atoms with Gasteiger partial charge < -0.3 is 15.5 Å². The largest absolute Gasteiger partial charge is 0.341 e. The number of halogens is 2. The Morgan fingerprint density at radius 3 is 2.14 bits per heavy atom. The predicted octanol–water partition coefficient (Wildman–Crippen LogP) is 3.90. The quantitative estimate of drug-likeness (QED) is 0.765. The van der Waals surface area contributed by atoms with Gasteiger partial charge in [-0.1, -0.05) is 60.7 Å². The van der Waals surface area contributed by atoms with Crippen molar-refractivity contribution < 1.29 is 4.79 Å². The fourth-order valence-electron chi connectivity index (χ4n) is 3.74. The second-order valence-corrected chi connectivity index (χ2v) is 7.34. The standard InChI is InChI=1S/C22H29N3O.2ClH/c1-24(16-18-8-4-2-5-9-18)17-19-12-14-25(15-13-19)22(26)21(23)20-10-6-3-7-11-20;;/h2-11,19,21H,12-17,23H2,1H3;2*1H. The topological polar surface area (TPSA) is 49.6 Å². The Labute approximate surface area is 180 Å². The van der Waals surface area contributed by atoms with E-state index in [9.17, 15) is 4.79 Å². The van der Waals surface area contributed by atoms with Gasteiger partial charge in [0.05, 0.1) is 0 Å². The molecule has 1 heterocycles. The lowest BCUT2D eigenvalue weighted by molar-refractivity contribution is -0.134. The fraction of sp³-hybridized carbons (Fsp3) is 0.409. The number of likely N-dealkylation sites (tertiary alicyclic amines) is 1. The first-order valence-corrected chi connectivity index (χ1v) is 9.45. The van der Waals surface area contributed by atoms with Crippen LogP contribution in [0.3, 0.4) is 0 Å². The molecular formula is C22H31Cl2N3O. The number of nitrogens with two attached hydrogens (primary N) is 1. The van der Waals surface area contributed by atoms with Crippen molar-refractivity contribution in [3.05, 3.63) is 71.8 Å². The number of piperidine rings is 1. The molecule has 1 aliphatic rings. The normalized spacial score (nSPS) is 15.5. The average Bonchev–Trinajstić information content (AvgIpc) is 2.69. The van der Waals surface area contributed by atoms with Crippen molar-refractivity contribution in [1.29, 1.82) is 0 Å². The van der Waals surface area contributed by atoms with Crippen LogP contribution in [-0.2, 0) is 11.3 Å². The molecule has 1 unspecified atom stereocenters. The van der Waals surface area contributed by atoms with Crippen LogP contribution in [0.25, 0.3) is 0 Å². The van der Waals surface area contributed by atoms with Gasteiger partial charge in [-0.15, -0.1) is 24.8 Å². The molecule has 0 spiro atoms. The summed E-state index contributed by atoms with van der Waals surface area (Å²) in [5, 5.41) is 0. The van der Waals surface area contributed by atoms with E-state index in [1.807, 2.05) is 35.2 Å². The van der Waals surface area contributed by atoms with E-state index in [4.69, 9.17) is 5.73 Å². The van der Waals surface area contributed by atoms with E-state index in [1.54, 1.807) is 0 Å². The lowest BCUT2D eigenvalue weighted by Gasteiger charge is -2.35. The van der Waals surface area contributed by atoms with Crippen LogP contribution in [0.4, 0.5) is 0 Å². The van der Waals surface area contributed by atoms with E-state index < -0.39 is 6.04 Å². The van der Waals surface area contributed by atoms with Gasteiger partial charge in [0.15, 0.2) is 0 Å². The molecule has 0 radical (unpaired) electrons. The first-order chi connectivity index (χ1) is 12.6. The van der Waals surface area contributed by atoms with Crippen molar-refractivity contribution in [2.75, 3.05) is 26.7 Å². The van der Waals surface area contributed by atoms with Crippen LogP contribution in [-0.4, -0.2) is 42.4 Å². The van der Waals surface area contributed by atoms with Gasteiger partial charge in [-0.25, -0.2) is 0 Å². The predicted molar refractivity (Wildman–Crippen MR) is 120 cm³/mol.